The van der Waals surface area contributed by atoms with Crippen molar-refractivity contribution in [3.05, 3.63) is 48.3 Å². The van der Waals surface area contributed by atoms with Gasteiger partial charge in [-0.1, -0.05) is 0 Å². The van der Waals surface area contributed by atoms with Crippen molar-refractivity contribution < 1.29 is 9.53 Å². The Kier molecular flexibility index (Phi) is 2.48. The summed E-state index contributed by atoms with van der Waals surface area (Å²) in [4.78, 5) is 16.0. The lowest BCUT2D eigenvalue weighted by atomic mass is 10.2. The molecule has 0 fully saturated rings. The van der Waals surface area contributed by atoms with Gasteiger partial charge in [-0.05, 0) is 37.3 Å². The van der Waals surface area contributed by atoms with Gasteiger partial charge in [0.1, 0.15) is 0 Å². The Morgan fingerprint density at radius 3 is 3.11 bits per heavy atom. The highest BCUT2D eigenvalue weighted by Crippen LogP contribution is 2.17. The van der Waals surface area contributed by atoms with E-state index in [9.17, 15) is 4.79 Å². The van der Waals surface area contributed by atoms with Crippen molar-refractivity contribution in [3.8, 4) is 0 Å². The number of benzene rings is 1. The molecule has 0 saturated carbocycles. The van der Waals surface area contributed by atoms with Crippen LogP contribution in [-0.2, 0) is 4.74 Å². The van der Waals surface area contributed by atoms with E-state index in [1.54, 1.807) is 25.3 Å². The van der Waals surface area contributed by atoms with Crippen LogP contribution in [0, 0.1) is 0 Å². The zero-order chi connectivity index (χ0) is 12.5. The number of fused-ring (bicyclic) bond motifs is 3. The summed E-state index contributed by atoms with van der Waals surface area (Å²) in [6, 6.07) is 9.37. The number of nitrogens with zero attached hydrogens (tertiary/aromatic N) is 2. The molecule has 0 aliphatic heterocycles. The van der Waals surface area contributed by atoms with Gasteiger partial charge in [0, 0.05) is 6.20 Å². The Morgan fingerprint density at radius 2 is 2.28 bits per heavy atom. The van der Waals surface area contributed by atoms with E-state index < -0.39 is 0 Å². The highest BCUT2D eigenvalue weighted by atomic mass is 16.5. The minimum absolute atomic E-state index is 0.311. The van der Waals surface area contributed by atoms with Crippen molar-refractivity contribution in [1.29, 1.82) is 0 Å². The first-order chi connectivity index (χ1) is 8.79. The van der Waals surface area contributed by atoms with Crippen LogP contribution in [0.5, 0.6) is 0 Å². The predicted molar refractivity (Wildman–Crippen MR) is 68.7 cm³/mol. The number of ether oxygens (including phenoxy) is 1. The zero-order valence-electron chi connectivity index (χ0n) is 9.96. The molecule has 0 bridgehead atoms. The molecule has 0 radical (unpaired) electrons. The Labute approximate surface area is 104 Å². The van der Waals surface area contributed by atoms with Crippen LogP contribution in [0.4, 0.5) is 0 Å². The highest BCUT2D eigenvalue weighted by molar-refractivity contribution is 5.94. The summed E-state index contributed by atoms with van der Waals surface area (Å²) in [5.41, 5.74) is 3.32. The van der Waals surface area contributed by atoms with Crippen LogP contribution < -0.4 is 0 Å². The molecule has 4 nitrogen and oxygen atoms in total. The van der Waals surface area contributed by atoms with Crippen LogP contribution in [0.15, 0.2) is 42.7 Å². The molecule has 0 saturated heterocycles. The predicted octanol–water partition coefficient (Wildman–Crippen LogP) is 2.66. The molecule has 0 N–H and O–H groups in total. The molecule has 0 spiro atoms. The van der Waals surface area contributed by atoms with Crippen molar-refractivity contribution in [2.75, 3.05) is 6.61 Å². The Morgan fingerprint density at radius 1 is 1.39 bits per heavy atom. The number of aromatic nitrogens is 2. The highest BCUT2D eigenvalue weighted by Gasteiger charge is 2.08. The van der Waals surface area contributed by atoms with Crippen molar-refractivity contribution in [1.82, 2.24) is 9.38 Å². The maximum Gasteiger partial charge on any atom is 0.338 e. The molecule has 0 atom stereocenters. The standard InChI is InChI=1S/C14H12N2O2/c1-2-18-14(17)10-5-6-13-12(8-10)15-9-11-4-3-7-16(11)13/h3-9H,2H2,1H3. The van der Waals surface area contributed by atoms with Gasteiger partial charge in [0.2, 0.25) is 0 Å². The fraction of sp³-hybridized carbons (Fsp3) is 0.143. The summed E-state index contributed by atoms with van der Waals surface area (Å²) in [6.07, 6.45) is 3.76. The maximum atomic E-state index is 11.6. The third-order valence-electron chi connectivity index (χ3n) is 2.86. The van der Waals surface area contributed by atoms with Gasteiger partial charge in [0.15, 0.2) is 0 Å². The lowest BCUT2D eigenvalue weighted by Gasteiger charge is -2.05. The first kappa shape index (κ1) is 10.8. The number of carbonyl (C=O) groups is 1. The molecule has 3 rings (SSSR count). The molecular formula is C14H12N2O2. The fourth-order valence-electron chi connectivity index (χ4n) is 2.03. The van der Waals surface area contributed by atoms with E-state index in [-0.39, 0.29) is 5.97 Å². The van der Waals surface area contributed by atoms with Crippen LogP contribution >= 0.6 is 0 Å². The van der Waals surface area contributed by atoms with Gasteiger partial charge < -0.3 is 9.14 Å². The van der Waals surface area contributed by atoms with E-state index in [2.05, 4.69) is 4.98 Å². The van der Waals surface area contributed by atoms with Crippen LogP contribution in [-0.4, -0.2) is 22.0 Å². The normalized spacial score (nSPS) is 10.9. The van der Waals surface area contributed by atoms with Crippen molar-refractivity contribution in [3.63, 3.8) is 0 Å². The summed E-state index contributed by atoms with van der Waals surface area (Å²) in [7, 11) is 0. The van der Waals surface area contributed by atoms with Crippen LogP contribution in [0.2, 0.25) is 0 Å². The molecule has 2 heterocycles. The quantitative estimate of drug-likeness (QED) is 0.647. The minimum atomic E-state index is -0.311. The molecule has 2 aromatic heterocycles. The third kappa shape index (κ3) is 1.62. The smallest absolute Gasteiger partial charge is 0.338 e. The van der Waals surface area contributed by atoms with Gasteiger partial charge in [0.25, 0.3) is 0 Å². The second kappa shape index (κ2) is 4.14. The molecule has 0 unspecified atom stereocenters. The molecule has 1 aromatic carbocycles. The van der Waals surface area contributed by atoms with E-state index in [1.807, 2.05) is 28.8 Å². The fourth-order valence-corrected chi connectivity index (χ4v) is 2.03. The molecule has 0 amide bonds. The van der Waals surface area contributed by atoms with Gasteiger partial charge in [-0.25, -0.2) is 4.79 Å². The molecule has 3 aromatic rings. The van der Waals surface area contributed by atoms with Crippen LogP contribution in [0.3, 0.4) is 0 Å². The topological polar surface area (TPSA) is 43.6 Å². The Balaban J connectivity index is 2.18. The monoisotopic (exact) mass is 240 g/mol. The summed E-state index contributed by atoms with van der Waals surface area (Å²) in [5.74, 6) is -0.311. The maximum absolute atomic E-state index is 11.6. The Bertz CT molecular complexity index is 731. The molecular weight excluding hydrogens is 228 g/mol. The summed E-state index contributed by atoms with van der Waals surface area (Å²) < 4.78 is 7.01. The van der Waals surface area contributed by atoms with Gasteiger partial charge >= 0.3 is 5.97 Å². The average molecular weight is 240 g/mol. The largest absolute Gasteiger partial charge is 0.462 e. The molecule has 0 aliphatic carbocycles. The molecule has 4 heteroatoms. The first-order valence-electron chi connectivity index (χ1n) is 5.82. The van der Waals surface area contributed by atoms with Crippen molar-refractivity contribution in [2.24, 2.45) is 0 Å². The van der Waals surface area contributed by atoms with Gasteiger partial charge in [-0.15, -0.1) is 0 Å². The molecule has 0 aliphatic rings. The van der Waals surface area contributed by atoms with Crippen LogP contribution in [0.25, 0.3) is 16.6 Å². The number of rotatable bonds is 2. The summed E-state index contributed by atoms with van der Waals surface area (Å²) in [5, 5.41) is 0. The first-order valence-corrected chi connectivity index (χ1v) is 5.82. The number of esters is 1. The SMILES string of the molecule is CCOC(=O)c1ccc2c(c1)ncc1cccn12. The summed E-state index contributed by atoms with van der Waals surface area (Å²) >= 11 is 0. The van der Waals surface area contributed by atoms with E-state index in [1.165, 1.54) is 0 Å². The van der Waals surface area contributed by atoms with Crippen molar-refractivity contribution >= 4 is 22.5 Å². The van der Waals surface area contributed by atoms with E-state index >= 15 is 0 Å². The second-order valence-electron chi connectivity index (χ2n) is 3.99. The summed E-state index contributed by atoms with van der Waals surface area (Å²) in [6.45, 7) is 2.17. The van der Waals surface area contributed by atoms with E-state index in [4.69, 9.17) is 4.74 Å². The number of hydrogen-bond donors (Lipinski definition) is 0. The number of carbonyl (C=O) groups excluding carboxylic acids is 1. The van der Waals surface area contributed by atoms with E-state index in [0.29, 0.717) is 12.2 Å². The zero-order valence-corrected chi connectivity index (χ0v) is 9.96. The van der Waals surface area contributed by atoms with Gasteiger partial charge in [-0.2, -0.15) is 0 Å². The van der Waals surface area contributed by atoms with Gasteiger partial charge in [0.05, 0.1) is 34.9 Å². The lowest BCUT2D eigenvalue weighted by molar-refractivity contribution is 0.0526. The molecule has 18 heavy (non-hydrogen) atoms. The Hall–Kier alpha value is -2.36. The third-order valence-corrected chi connectivity index (χ3v) is 2.86. The van der Waals surface area contributed by atoms with Crippen molar-refractivity contribution in [2.45, 2.75) is 6.92 Å². The average Bonchev–Trinajstić information content (AvgIpc) is 2.87. The van der Waals surface area contributed by atoms with E-state index in [0.717, 1.165) is 16.6 Å². The van der Waals surface area contributed by atoms with Gasteiger partial charge in [-0.3, -0.25) is 4.98 Å². The minimum Gasteiger partial charge on any atom is -0.462 e. The molecule has 90 valence electrons. The number of hydrogen-bond acceptors (Lipinski definition) is 3. The lowest BCUT2D eigenvalue weighted by Crippen LogP contribution is -2.04. The van der Waals surface area contributed by atoms with Crippen LogP contribution in [0.1, 0.15) is 17.3 Å². The second-order valence-corrected chi connectivity index (χ2v) is 3.99.